The average Bonchev–Trinajstić information content (AvgIpc) is 2.26. The second-order valence-corrected chi connectivity index (χ2v) is 3.95. The van der Waals surface area contributed by atoms with Gasteiger partial charge in [0.2, 0.25) is 0 Å². The molecule has 0 saturated carbocycles. The molecule has 0 amide bonds. The van der Waals surface area contributed by atoms with Crippen LogP contribution in [0.5, 0.6) is 5.75 Å². The summed E-state index contributed by atoms with van der Waals surface area (Å²) in [4.78, 5) is 0.886. The van der Waals surface area contributed by atoms with E-state index in [1.165, 1.54) is 0 Å². The van der Waals surface area contributed by atoms with Gasteiger partial charge in [0.1, 0.15) is 5.75 Å². The molecule has 0 saturated heterocycles. The normalized spacial score (nSPS) is 10.3. The van der Waals surface area contributed by atoms with E-state index in [9.17, 15) is 5.11 Å². The molecule has 2 rings (SSSR count). The minimum absolute atomic E-state index is 0.312. The van der Waals surface area contributed by atoms with E-state index in [0.29, 0.717) is 5.75 Å². The molecule has 0 spiro atoms. The van der Waals surface area contributed by atoms with Crippen molar-refractivity contribution in [2.75, 3.05) is 0 Å². The van der Waals surface area contributed by atoms with Gasteiger partial charge in [0.15, 0.2) is 0 Å². The van der Waals surface area contributed by atoms with Gasteiger partial charge in [-0.2, -0.15) is 0 Å². The molecule has 0 aliphatic heterocycles. The van der Waals surface area contributed by atoms with Crippen molar-refractivity contribution >= 4 is 12.6 Å². The zero-order chi connectivity index (χ0) is 10.8. The first kappa shape index (κ1) is 10.1. The van der Waals surface area contributed by atoms with Gasteiger partial charge in [-0.05, 0) is 30.2 Å². The number of benzene rings is 2. The van der Waals surface area contributed by atoms with E-state index < -0.39 is 0 Å². The molecule has 0 aliphatic rings. The number of thiol groups is 1. The summed E-state index contributed by atoms with van der Waals surface area (Å²) in [6.07, 6.45) is 0. The lowest BCUT2D eigenvalue weighted by molar-refractivity contribution is 0.471. The van der Waals surface area contributed by atoms with Crippen LogP contribution in [-0.2, 0) is 0 Å². The Morgan fingerprint density at radius 2 is 1.67 bits per heavy atom. The largest absolute Gasteiger partial charge is 0.508 e. The highest BCUT2D eigenvalue weighted by Crippen LogP contribution is 2.34. The standard InChI is InChI=1S/C13H12OS/c1-9-11(14)7-8-12(15)13(9)10-5-3-2-4-6-10/h2-8,14-15H,1H3. The summed E-state index contributed by atoms with van der Waals surface area (Å²) in [7, 11) is 0. The van der Waals surface area contributed by atoms with Crippen LogP contribution in [0.1, 0.15) is 5.56 Å². The van der Waals surface area contributed by atoms with Crippen molar-refractivity contribution in [3.63, 3.8) is 0 Å². The van der Waals surface area contributed by atoms with Crippen molar-refractivity contribution in [1.82, 2.24) is 0 Å². The van der Waals surface area contributed by atoms with E-state index in [2.05, 4.69) is 12.6 Å². The lowest BCUT2D eigenvalue weighted by Crippen LogP contribution is -1.86. The molecule has 0 atom stereocenters. The van der Waals surface area contributed by atoms with Gasteiger partial charge < -0.3 is 5.11 Å². The average molecular weight is 216 g/mol. The maximum atomic E-state index is 9.65. The van der Waals surface area contributed by atoms with E-state index >= 15 is 0 Å². The van der Waals surface area contributed by atoms with Crippen LogP contribution in [0.4, 0.5) is 0 Å². The molecule has 0 bridgehead atoms. The third-order valence-corrected chi connectivity index (χ3v) is 2.85. The molecule has 0 fully saturated rings. The Hall–Kier alpha value is -1.41. The number of phenols is 1. The van der Waals surface area contributed by atoms with Crippen LogP contribution >= 0.6 is 12.6 Å². The van der Waals surface area contributed by atoms with Gasteiger partial charge in [0.05, 0.1) is 0 Å². The van der Waals surface area contributed by atoms with E-state index in [4.69, 9.17) is 0 Å². The minimum atomic E-state index is 0.312. The summed E-state index contributed by atoms with van der Waals surface area (Å²) in [6, 6.07) is 13.4. The van der Waals surface area contributed by atoms with Gasteiger partial charge in [0, 0.05) is 10.5 Å². The zero-order valence-corrected chi connectivity index (χ0v) is 9.33. The van der Waals surface area contributed by atoms with Crippen LogP contribution in [0.2, 0.25) is 0 Å². The summed E-state index contributed by atoms with van der Waals surface area (Å²) < 4.78 is 0. The Balaban J connectivity index is 2.68. The van der Waals surface area contributed by atoms with Crippen molar-refractivity contribution in [3.8, 4) is 16.9 Å². The van der Waals surface area contributed by atoms with Gasteiger partial charge >= 0.3 is 0 Å². The molecule has 0 unspecified atom stereocenters. The third-order valence-electron chi connectivity index (χ3n) is 2.48. The Labute approximate surface area is 94.8 Å². The molecule has 0 aliphatic carbocycles. The number of rotatable bonds is 1. The number of aromatic hydroxyl groups is 1. The summed E-state index contributed by atoms with van der Waals surface area (Å²) in [6.45, 7) is 1.90. The molecule has 2 heteroatoms. The molecule has 15 heavy (non-hydrogen) atoms. The summed E-state index contributed by atoms with van der Waals surface area (Å²) in [5, 5.41) is 9.65. The highest BCUT2D eigenvalue weighted by molar-refractivity contribution is 7.80. The van der Waals surface area contributed by atoms with Gasteiger partial charge in [-0.25, -0.2) is 0 Å². The Morgan fingerprint density at radius 1 is 1.00 bits per heavy atom. The monoisotopic (exact) mass is 216 g/mol. The van der Waals surface area contributed by atoms with Crippen molar-refractivity contribution in [2.24, 2.45) is 0 Å². The van der Waals surface area contributed by atoms with Crippen molar-refractivity contribution in [3.05, 3.63) is 48.0 Å². The molecule has 2 aromatic rings. The van der Waals surface area contributed by atoms with Crippen molar-refractivity contribution in [1.29, 1.82) is 0 Å². The van der Waals surface area contributed by atoms with Crippen LogP contribution < -0.4 is 0 Å². The lowest BCUT2D eigenvalue weighted by Gasteiger charge is -2.10. The SMILES string of the molecule is Cc1c(O)ccc(S)c1-c1ccccc1. The molecular weight excluding hydrogens is 204 g/mol. The lowest BCUT2D eigenvalue weighted by atomic mass is 10.00. The molecule has 2 aromatic carbocycles. The van der Waals surface area contributed by atoms with Crippen LogP contribution in [0.3, 0.4) is 0 Å². The molecular formula is C13H12OS. The summed E-state index contributed by atoms with van der Waals surface area (Å²) in [5.74, 6) is 0.312. The number of phenolic OH excluding ortho intramolecular Hbond substituents is 1. The zero-order valence-electron chi connectivity index (χ0n) is 8.44. The maximum absolute atomic E-state index is 9.65. The fourth-order valence-corrected chi connectivity index (χ4v) is 2.03. The quantitative estimate of drug-likeness (QED) is 0.697. The molecule has 1 nitrogen and oxygen atoms in total. The Kier molecular flexibility index (Phi) is 2.69. The first-order valence-corrected chi connectivity index (χ1v) is 5.22. The van der Waals surface area contributed by atoms with Crippen LogP contribution in [0.15, 0.2) is 47.4 Å². The third kappa shape index (κ3) is 1.85. The number of hydrogen-bond donors (Lipinski definition) is 2. The van der Waals surface area contributed by atoms with E-state index in [1.807, 2.05) is 43.3 Å². The van der Waals surface area contributed by atoms with Gasteiger partial charge in [-0.3, -0.25) is 0 Å². The van der Waals surface area contributed by atoms with Crippen LogP contribution in [-0.4, -0.2) is 5.11 Å². The second-order valence-electron chi connectivity index (χ2n) is 3.47. The highest BCUT2D eigenvalue weighted by atomic mass is 32.1. The second kappa shape index (κ2) is 3.99. The highest BCUT2D eigenvalue weighted by Gasteiger charge is 2.08. The predicted octanol–water partition coefficient (Wildman–Crippen LogP) is 3.66. The maximum Gasteiger partial charge on any atom is 0.119 e. The van der Waals surface area contributed by atoms with E-state index in [-0.39, 0.29) is 0 Å². The van der Waals surface area contributed by atoms with Crippen molar-refractivity contribution < 1.29 is 5.11 Å². The van der Waals surface area contributed by atoms with Gasteiger partial charge in [0.25, 0.3) is 0 Å². The molecule has 0 aromatic heterocycles. The minimum Gasteiger partial charge on any atom is -0.508 e. The number of hydrogen-bond acceptors (Lipinski definition) is 2. The summed E-state index contributed by atoms with van der Waals surface area (Å²) >= 11 is 4.42. The molecule has 0 radical (unpaired) electrons. The van der Waals surface area contributed by atoms with Gasteiger partial charge in [-0.15, -0.1) is 12.6 Å². The Bertz CT molecular complexity index is 477. The Morgan fingerprint density at radius 3 is 2.33 bits per heavy atom. The fourth-order valence-electron chi connectivity index (χ4n) is 1.66. The van der Waals surface area contributed by atoms with Crippen molar-refractivity contribution in [2.45, 2.75) is 11.8 Å². The molecule has 76 valence electrons. The van der Waals surface area contributed by atoms with E-state index in [0.717, 1.165) is 21.6 Å². The molecule has 1 N–H and O–H groups in total. The topological polar surface area (TPSA) is 20.2 Å². The first-order chi connectivity index (χ1) is 7.20. The smallest absolute Gasteiger partial charge is 0.119 e. The molecule has 0 heterocycles. The van der Waals surface area contributed by atoms with E-state index in [1.54, 1.807) is 6.07 Å². The van der Waals surface area contributed by atoms with Gasteiger partial charge in [-0.1, -0.05) is 30.3 Å². The predicted molar refractivity (Wildman–Crippen MR) is 65.5 cm³/mol. The van der Waals surface area contributed by atoms with Crippen LogP contribution in [0.25, 0.3) is 11.1 Å². The van der Waals surface area contributed by atoms with Crippen LogP contribution in [0, 0.1) is 6.92 Å². The first-order valence-electron chi connectivity index (χ1n) is 4.77. The summed E-state index contributed by atoms with van der Waals surface area (Å²) in [5.41, 5.74) is 2.95. The fraction of sp³-hybridized carbons (Fsp3) is 0.0769.